The second-order valence-electron chi connectivity index (χ2n) is 11.5. The van der Waals surface area contributed by atoms with Gasteiger partial charge in [-0.1, -0.05) is 190 Å². The number of benzene rings is 4. The van der Waals surface area contributed by atoms with Gasteiger partial charge in [-0.25, -0.2) is 0 Å². The van der Waals surface area contributed by atoms with Crippen molar-refractivity contribution in [3.63, 3.8) is 0 Å². The van der Waals surface area contributed by atoms with Gasteiger partial charge in [-0.2, -0.15) is 0 Å². The van der Waals surface area contributed by atoms with Crippen molar-refractivity contribution in [3.8, 4) is 22.3 Å². The Morgan fingerprint density at radius 1 is 0.592 bits per heavy atom. The highest BCUT2D eigenvalue weighted by Crippen LogP contribution is 2.24. The Morgan fingerprint density at radius 2 is 1.04 bits per heavy atom. The minimum absolute atomic E-state index is 0.773. The molecule has 0 fully saturated rings. The van der Waals surface area contributed by atoms with Gasteiger partial charge in [0.15, 0.2) is 0 Å². The largest absolute Gasteiger partial charge is 0.253 e. The van der Waals surface area contributed by atoms with Crippen molar-refractivity contribution in [1.29, 1.82) is 0 Å². The number of aryl methyl sites for hydroxylation is 1. The molecule has 0 aliphatic rings. The Kier molecular flexibility index (Phi) is 17.0. The molecule has 0 spiro atoms. The molecule has 0 amide bonds. The molecule has 0 N–H and O–H groups in total. The first-order chi connectivity index (χ1) is 23.5. The van der Waals surface area contributed by atoms with E-state index in [1.165, 1.54) is 27.8 Å². The van der Waals surface area contributed by atoms with Gasteiger partial charge in [-0.15, -0.1) is 6.58 Å². The van der Waals surface area contributed by atoms with Crippen LogP contribution in [0.3, 0.4) is 0 Å². The topological polar surface area (TPSA) is 12.4 Å². The molecule has 248 valence electrons. The van der Waals surface area contributed by atoms with Gasteiger partial charge >= 0.3 is 0 Å². The van der Waals surface area contributed by atoms with Gasteiger partial charge in [0.1, 0.15) is 0 Å². The van der Waals surface area contributed by atoms with E-state index < -0.39 is 0 Å². The highest BCUT2D eigenvalue weighted by atomic mass is 14.7. The molecule has 0 aromatic heterocycles. The normalized spacial score (nSPS) is 11.1. The van der Waals surface area contributed by atoms with Crippen LogP contribution in [0.4, 0.5) is 0 Å². The molecular weight excluding hydrogens is 591 g/mol. The molecule has 4 rings (SSSR count). The number of allylic oxidation sites excluding steroid dienone is 11. The number of hydrogen-bond acceptors (Lipinski definition) is 1. The van der Waals surface area contributed by atoms with Gasteiger partial charge in [-0.3, -0.25) is 4.99 Å². The predicted octanol–water partition coefficient (Wildman–Crippen LogP) is 13.9. The van der Waals surface area contributed by atoms with Gasteiger partial charge in [0.05, 0.1) is 5.70 Å². The van der Waals surface area contributed by atoms with E-state index in [1.54, 1.807) is 12.2 Å². The van der Waals surface area contributed by atoms with Crippen LogP contribution in [0.5, 0.6) is 0 Å². The smallest absolute Gasteiger partial charge is 0.0633 e. The molecule has 0 bridgehead atoms. The third kappa shape index (κ3) is 13.5. The molecule has 49 heavy (non-hydrogen) atoms. The fourth-order valence-electron chi connectivity index (χ4n) is 4.41. The average molecular weight is 642 g/mol. The zero-order valence-corrected chi connectivity index (χ0v) is 30.0. The summed E-state index contributed by atoms with van der Waals surface area (Å²) in [4.78, 5) is 4.76. The number of nitrogens with zero attached hydrogens (tertiary/aromatic N) is 1. The fourth-order valence-corrected chi connectivity index (χ4v) is 4.41. The Balaban J connectivity index is 0.000000372. The van der Waals surface area contributed by atoms with Crippen molar-refractivity contribution in [3.05, 3.63) is 224 Å². The highest BCUT2D eigenvalue weighted by Gasteiger charge is 2.04. The molecule has 0 unspecified atom stereocenters. The summed E-state index contributed by atoms with van der Waals surface area (Å²) in [5.41, 5.74) is 13.8. The van der Waals surface area contributed by atoms with Crippen LogP contribution in [-0.4, -0.2) is 5.71 Å². The standard InChI is InChI=1S/C29H25N.C16H20.C3H6/c1-21-9-11-27(12-10-21)29-19-15-25(16-20-29)23(3)30-22(2)24-13-17-28(18-14-24)26-7-5-4-6-8-26;1-7-9-10-16(8-2)15(6)12-11-14(5)13(3)4;1-3-2/h4-20H,3H2,1-2H3;7-12H,2-3,5-6H2,1,4H3;3H,1H2,2H3/b;9-7-,12-11-,16-10+;. The summed E-state index contributed by atoms with van der Waals surface area (Å²) in [6.45, 7) is 32.9. The first-order valence-corrected chi connectivity index (χ1v) is 16.4. The van der Waals surface area contributed by atoms with E-state index in [-0.39, 0.29) is 0 Å². The minimum atomic E-state index is 0.773. The quantitative estimate of drug-likeness (QED) is 0.0878. The van der Waals surface area contributed by atoms with Gasteiger partial charge in [0.2, 0.25) is 0 Å². The number of aliphatic imine (C=N–C) groups is 1. The summed E-state index contributed by atoms with van der Waals surface area (Å²) in [5.74, 6) is 0. The van der Waals surface area contributed by atoms with E-state index in [9.17, 15) is 0 Å². The number of hydrogen-bond donors (Lipinski definition) is 0. The van der Waals surface area contributed by atoms with E-state index in [0.29, 0.717) is 0 Å². The van der Waals surface area contributed by atoms with Gasteiger partial charge in [0.25, 0.3) is 0 Å². The van der Waals surface area contributed by atoms with Crippen LogP contribution in [0.2, 0.25) is 0 Å². The fraction of sp³-hybridized carbons (Fsp3) is 0.104. The molecule has 1 nitrogen and oxygen atoms in total. The van der Waals surface area contributed by atoms with Gasteiger partial charge < -0.3 is 0 Å². The van der Waals surface area contributed by atoms with Crippen molar-refractivity contribution >= 4 is 11.4 Å². The van der Waals surface area contributed by atoms with Crippen LogP contribution in [0.15, 0.2) is 212 Å². The first-order valence-electron chi connectivity index (χ1n) is 16.4. The van der Waals surface area contributed by atoms with E-state index in [0.717, 1.165) is 44.8 Å². The van der Waals surface area contributed by atoms with Crippen molar-refractivity contribution in [1.82, 2.24) is 0 Å². The summed E-state index contributed by atoms with van der Waals surface area (Å²) >= 11 is 0. The summed E-state index contributed by atoms with van der Waals surface area (Å²) in [6.07, 6.45) is 13.3. The Labute approximate surface area is 296 Å². The molecule has 1 heteroatoms. The van der Waals surface area contributed by atoms with Crippen LogP contribution < -0.4 is 0 Å². The second-order valence-corrected chi connectivity index (χ2v) is 11.5. The zero-order valence-electron chi connectivity index (χ0n) is 30.0. The van der Waals surface area contributed by atoms with Crippen LogP contribution >= 0.6 is 0 Å². The summed E-state index contributed by atoms with van der Waals surface area (Å²) in [7, 11) is 0. The van der Waals surface area contributed by atoms with Crippen molar-refractivity contribution in [2.75, 3.05) is 0 Å². The van der Waals surface area contributed by atoms with Crippen molar-refractivity contribution in [2.24, 2.45) is 4.99 Å². The van der Waals surface area contributed by atoms with Crippen molar-refractivity contribution < 1.29 is 0 Å². The molecule has 0 aliphatic carbocycles. The second kappa shape index (κ2) is 21.2. The summed E-state index contributed by atoms with van der Waals surface area (Å²) in [6, 6.07) is 35.9. The lowest BCUT2D eigenvalue weighted by Gasteiger charge is -2.07. The highest BCUT2D eigenvalue weighted by molar-refractivity contribution is 6.02. The van der Waals surface area contributed by atoms with E-state index in [1.807, 2.05) is 64.1 Å². The van der Waals surface area contributed by atoms with Crippen LogP contribution in [0.25, 0.3) is 28.0 Å². The van der Waals surface area contributed by atoms with E-state index in [4.69, 9.17) is 4.99 Å². The molecule has 0 saturated heterocycles. The zero-order chi connectivity index (χ0) is 36.2. The Hall–Kier alpha value is -5.79. The monoisotopic (exact) mass is 641 g/mol. The maximum absolute atomic E-state index is 4.76. The Morgan fingerprint density at radius 3 is 1.51 bits per heavy atom. The third-order valence-electron chi connectivity index (χ3n) is 7.41. The maximum Gasteiger partial charge on any atom is 0.0633 e. The van der Waals surface area contributed by atoms with Gasteiger partial charge in [0, 0.05) is 5.71 Å². The molecule has 0 aliphatic heterocycles. The average Bonchev–Trinajstić information content (AvgIpc) is 3.12. The number of rotatable bonds is 11. The summed E-state index contributed by atoms with van der Waals surface area (Å²) in [5, 5.41) is 0. The van der Waals surface area contributed by atoms with Gasteiger partial charge in [-0.05, 0) is 84.7 Å². The lowest BCUT2D eigenvalue weighted by Crippen LogP contribution is -1.95. The molecule has 0 heterocycles. The van der Waals surface area contributed by atoms with Crippen molar-refractivity contribution in [2.45, 2.75) is 34.6 Å². The lowest BCUT2D eigenvalue weighted by atomic mass is 10.0. The molecule has 4 aromatic carbocycles. The van der Waals surface area contributed by atoms with E-state index >= 15 is 0 Å². The SMILES string of the molecule is C=C(N=C(C)c1ccc(-c2ccccc2)cc1)c1ccc(-c2ccc(C)cc2)cc1.C=C/C(=C\C=C/C)C(=C)/C=C\C(=C)C(=C)C.C=CC. The Bertz CT molecular complexity index is 1830. The third-order valence-corrected chi connectivity index (χ3v) is 7.41. The first kappa shape index (κ1) is 39.4. The predicted molar refractivity (Wildman–Crippen MR) is 221 cm³/mol. The lowest BCUT2D eigenvalue weighted by molar-refractivity contribution is 1.46. The molecule has 4 aromatic rings. The van der Waals surface area contributed by atoms with Crippen LogP contribution in [-0.2, 0) is 0 Å². The summed E-state index contributed by atoms with van der Waals surface area (Å²) < 4.78 is 0. The molecule has 0 saturated carbocycles. The van der Waals surface area contributed by atoms with Crippen LogP contribution in [0, 0.1) is 6.92 Å². The van der Waals surface area contributed by atoms with E-state index in [2.05, 4.69) is 143 Å². The maximum atomic E-state index is 4.76. The minimum Gasteiger partial charge on any atom is -0.253 e. The molecule has 0 radical (unpaired) electrons. The molecule has 0 atom stereocenters. The molecular formula is C48H51N. The van der Waals surface area contributed by atoms with Crippen LogP contribution in [0.1, 0.15) is 44.4 Å².